The van der Waals surface area contributed by atoms with Crippen LogP contribution >= 0.6 is 11.3 Å². The summed E-state index contributed by atoms with van der Waals surface area (Å²) in [4.78, 5) is 9.75. The first-order valence-electron chi connectivity index (χ1n) is 7.78. The highest BCUT2D eigenvalue weighted by molar-refractivity contribution is 7.08. The van der Waals surface area contributed by atoms with E-state index in [1.165, 1.54) is 5.56 Å². The number of aliphatic imine (C=N–C) groups is 1. The molecule has 0 radical (unpaired) electrons. The maximum atomic E-state index is 5.34. The molecule has 1 aromatic heterocycles. The molecule has 3 heterocycles. The Morgan fingerprint density at radius 1 is 1.13 bits per heavy atom. The minimum atomic E-state index is 0.839. The van der Waals surface area contributed by atoms with Crippen molar-refractivity contribution in [2.24, 2.45) is 4.99 Å². The van der Waals surface area contributed by atoms with Crippen molar-refractivity contribution in [1.82, 2.24) is 9.80 Å². The minimum absolute atomic E-state index is 0.839. The molecule has 0 atom stereocenters. The van der Waals surface area contributed by atoms with Crippen LogP contribution in [0.15, 0.2) is 34.0 Å². The molecule has 1 N–H and O–H groups in total. The third-order valence-corrected chi connectivity index (χ3v) is 5.15. The molecule has 1 aromatic carbocycles. The molecule has 0 amide bonds. The topological polar surface area (TPSA) is 40.1 Å². The van der Waals surface area contributed by atoms with Gasteiger partial charge in [-0.1, -0.05) is 0 Å². The second kappa shape index (κ2) is 5.86. The first-order valence-corrected chi connectivity index (χ1v) is 8.72. The Balaban J connectivity index is 1.78. The number of anilines is 2. The van der Waals surface area contributed by atoms with E-state index in [4.69, 9.17) is 9.73 Å². The Hall–Kier alpha value is -2.05. The van der Waals surface area contributed by atoms with Gasteiger partial charge in [-0.05, 0) is 19.2 Å². The lowest BCUT2D eigenvalue weighted by atomic mass is 10.2. The molecule has 1 fully saturated rings. The Kier molecular flexibility index (Phi) is 3.71. The van der Waals surface area contributed by atoms with Crippen LogP contribution in [0.25, 0.3) is 0 Å². The van der Waals surface area contributed by atoms with Gasteiger partial charge < -0.3 is 19.9 Å². The van der Waals surface area contributed by atoms with Crippen molar-refractivity contribution in [1.29, 1.82) is 0 Å². The Morgan fingerprint density at radius 2 is 1.96 bits per heavy atom. The van der Waals surface area contributed by atoms with Crippen LogP contribution in [0.1, 0.15) is 5.56 Å². The number of likely N-dealkylation sites (N-methyl/N-ethyl adjacent to an activating group) is 1. The summed E-state index contributed by atoms with van der Waals surface area (Å²) in [6.07, 6.45) is 0. The molecule has 2 aliphatic heterocycles. The van der Waals surface area contributed by atoms with Crippen LogP contribution < -0.4 is 10.1 Å². The molecule has 4 rings (SSSR count). The summed E-state index contributed by atoms with van der Waals surface area (Å²) in [5.41, 5.74) is 4.27. The van der Waals surface area contributed by atoms with Gasteiger partial charge >= 0.3 is 0 Å². The van der Waals surface area contributed by atoms with Gasteiger partial charge in [0.05, 0.1) is 29.7 Å². The van der Waals surface area contributed by atoms with Gasteiger partial charge in [0, 0.05) is 43.0 Å². The van der Waals surface area contributed by atoms with Crippen LogP contribution in [0.2, 0.25) is 0 Å². The molecule has 0 aliphatic carbocycles. The zero-order valence-electron chi connectivity index (χ0n) is 13.4. The summed E-state index contributed by atoms with van der Waals surface area (Å²) in [6, 6.07) is 5.99. The van der Waals surface area contributed by atoms with Crippen molar-refractivity contribution in [3.8, 4) is 5.75 Å². The van der Waals surface area contributed by atoms with E-state index < -0.39 is 0 Å². The first kappa shape index (κ1) is 14.5. The number of amidine groups is 1. The third-order valence-electron chi connectivity index (χ3n) is 4.41. The average Bonchev–Trinajstić information content (AvgIpc) is 2.96. The van der Waals surface area contributed by atoms with E-state index in [2.05, 4.69) is 32.9 Å². The Labute approximate surface area is 140 Å². The highest BCUT2D eigenvalue weighted by atomic mass is 32.1. The molecule has 0 saturated carbocycles. The summed E-state index contributed by atoms with van der Waals surface area (Å²) < 4.78 is 5.34. The molecule has 2 aliphatic rings. The summed E-state index contributed by atoms with van der Waals surface area (Å²) in [7, 11) is 3.86. The molecule has 23 heavy (non-hydrogen) atoms. The number of piperazine rings is 1. The molecule has 120 valence electrons. The highest BCUT2D eigenvalue weighted by Crippen LogP contribution is 2.38. The predicted octanol–water partition coefficient (Wildman–Crippen LogP) is 3.14. The number of nitrogens with zero attached hydrogens (tertiary/aromatic N) is 3. The molecule has 5 nitrogen and oxygen atoms in total. The van der Waals surface area contributed by atoms with E-state index in [1.54, 1.807) is 18.4 Å². The minimum Gasteiger partial charge on any atom is -0.497 e. The van der Waals surface area contributed by atoms with Gasteiger partial charge in [-0.3, -0.25) is 0 Å². The van der Waals surface area contributed by atoms with Crippen molar-refractivity contribution in [2.45, 2.75) is 0 Å². The van der Waals surface area contributed by atoms with Crippen molar-refractivity contribution in [3.05, 3.63) is 34.5 Å². The van der Waals surface area contributed by atoms with Crippen LogP contribution in [0.4, 0.5) is 17.1 Å². The number of ether oxygens (including phenoxy) is 1. The molecule has 1 saturated heterocycles. The van der Waals surface area contributed by atoms with E-state index in [1.807, 2.05) is 18.2 Å². The fraction of sp³-hybridized carbons (Fsp3) is 0.353. The maximum Gasteiger partial charge on any atom is 0.139 e. The molecule has 0 bridgehead atoms. The van der Waals surface area contributed by atoms with E-state index in [9.17, 15) is 0 Å². The number of thiophene rings is 1. The van der Waals surface area contributed by atoms with Gasteiger partial charge in [0.15, 0.2) is 0 Å². The summed E-state index contributed by atoms with van der Waals surface area (Å²) in [6.45, 7) is 4.16. The number of rotatable bonds is 1. The van der Waals surface area contributed by atoms with Crippen LogP contribution in [0.5, 0.6) is 5.75 Å². The smallest absolute Gasteiger partial charge is 0.139 e. The molecule has 6 heteroatoms. The fourth-order valence-electron chi connectivity index (χ4n) is 2.99. The number of fused-ring (bicyclic) bond motifs is 2. The van der Waals surface area contributed by atoms with Crippen LogP contribution in [-0.2, 0) is 0 Å². The highest BCUT2D eigenvalue weighted by Gasteiger charge is 2.24. The fourth-order valence-corrected chi connectivity index (χ4v) is 3.74. The van der Waals surface area contributed by atoms with Crippen molar-refractivity contribution in [3.63, 3.8) is 0 Å². The lowest BCUT2D eigenvalue weighted by molar-refractivity contribution is 0.216. The van der Waals surface area contributed by atoms with Gasteiger partial charge in [0.1, 0.15) is 11.6 Å². The second-order valence-corrected chi connectivity index (χ2v) is 6.68. The molecule has 2 aromatic rings. The van der Waals surface area contributed by atoms with Crippen LogP contribution in [-0.4, -0.2) is 56.0 Å². The number of methoxy groups -OCH3 is 1. The second-order valence-electron chi connectivity index (χ2n) is 5.93. The monoisotopic (exact) mass is 328 g/mol. The van der Waals surface area contributed by atoms with E-state index in [0.29, 0.717) is 0 Å². The van der Waals surface area contributed by atoms with Gasteiger partial charge in [-0.15, -0.1) is 11.3 Å². The first-order chi connectivity index (χ1) is 11.2. The zero-order chi connectivity index (χ0) is 15.8. The van der Waals surface area contributed by atoms with Crippen molar-refractivity contribution < 1.29 is 4.74 Å². The standard InChI is InChI=1S/C17H20N4OS/c1-20-5-7-21(8-6-20)17-13-10-23-11-16(13)18-15-9-12(22-2)3-4-14(15)19-17/h3-4,9-11,18H,5-8H2,1-2H3. The molecular weight excluding hydrogens is 308 g/mol. The lowest BCUT2D eigenvalue weighted by Gasteiger charge is -2.34. The Morgan fingerprint density at radius 3 is 2.74 bits per heavy atom. The number of benzene rings is 1. The van der Waals surface area contributed by atoms with E-state index in [-0.39, 0.29) is 0 Å². The van der Waals surface area contributed by atoms with Gasteiger partial charge in [0.25, 0.3) is 0 Å². The quantitative estimate of drug-likeness (QED) is 0.873. The van der Waals surface area contributed by atoms with E-state index >= 15 is 0 Å². The largest absolute Gasteiger partial charge is 0.497 e. The molecule has 0 unspecified atom stereocenters. The predicted molar refractivity (Wildman–Crippen MR) is 95.9 cm³/mol. The average molecular weight is 328 g/mol. The Bertz CT molecular complexity index is 747. The number of nitrogens with one attached hydrogen (secondary N) is 1. The maximum absolute atomic E-state index is 5.34. The summed E-state index contributed by atoms with van der Waals surface area (Å²) in [5, 5.41) is 7.85. The van der Waals surface area contributed by atoms with Crippen molar-refractivity contribution >= 4 is 34.2 Å². The summed E-state index contributed by atoms with van der Waals surface area (Å²) >= 11 is 1.71. The van der Waals surface area contributed by atoms with E-state index in [0.717, 1.165) is 54.8 Å². The third kappa shape index (κ3) is 2.68. The summed E-state index contributed by atoms with van der Waals surface area (Å²) in [5.74, 6) is 1.91. The lowest BCUT2D eigenvalue weighted by Crippen LogP contribution is -2.47. The number of hydrogen-bond acceptors (Lipinski definition) is 6. The molecular formula is C17H20N4OS. The normalized spacial score (nSPS) is 17.7. The SMILES string of the molecule is COc1ccc2c(c1)Nc1cscc1C(N1CCN(C)CC1)=N2. The van der Waals surface area contributed by atoms with Gasteiger partial charge in [0.2, 0.25) is 0 Å². The van der Waals surface area contributed by atoms with Gasteiger partial charge in [-0.25, -0.2) is 4.99 Å². The van der Waals surface area contributed by atoms with Crippen LogP contribution in [0.3, 0.4) is 0 Å². The molecule has 0 spiro atoms. The van der Waals surface area contributed by atoms with Crippen molar-refractivity contribution in [2.75, 3.05) is 45.7 Å². The van der Waals surface area contributed by atoms with Gasteiger partial charge in [-0.2, -0.15) is 0 Å². The number of hydrogen-bond donors (Lipinski definition) is 1. The zero-order valence-corrected chi connectivity index (χ0v) is 14.2. The van der Waals surface area contributed by atoms with Crippen LogP contribution in [0, 0.1) is 0 Å².